The van der Waals surface area contributed by atoms with Crippen molar-refractivity contribution in [2.24, 2.45) is 0 Å². The Bertz CT molecular complexity index is 1240. The fourth-order valence-electron chi connectivity index (χ4n) is 3.52. The van der Waals surface area contributed by atoms with Gasteiger partial charge in [0.15, 0.2) is 0 Å². The van der Waals surface area contributed by atoms with Gasteiger partial charge in [0, 0.05) is 36.3 Å². The Kier molecular flexibility index (Phi) is 3.75. The highest BCUT2D eigenvalue weighted by Crippen LogP contribution is 2.21. The number of fused-ring (bicyclic) bond motifs is 2. The van der Waals surface area contributed by atoms with E-state index in [0.717, 1.165) is 11.1 Å². The van der Waals surface area contributed by atoms with Crippen molar-refractivity contribution < 1.29 is 4.79 Å². The molecule has 0 unspecified atom stereocenters. The molecule has 0 bridgehead atoms. The number of hydrogen-bond acceptors (Lipinski definition) is 5. The lowest BCUT2D eigenvalue weighted by molar-refractivity contribution is 0.0733. The Morgan fingerprint density at radius 1 is 1.14 bits per heavy atom. The van der Waals surface area contributed by atoms with Gasteiger partial charge >= 0.3 is 0 Å². The van der Waals surface area contributed by atoms with Crippen molar-refractivity contribution in [2.75, 3.05) is 6.54 Å². The molecule has 0 fully saturated rings. The first-order chi connectivity index (χ1) is 13.7. The molecule has 1 N–H and O–H groups in total. The van der Waals surface area contributed by atoms with Crippen molar-refractivity contribution in [2.45, 2.75) is 13.0 Å². The fourth-order valence-corrected chi connectivity index (χ4v) is 3.52. The molecule has 8 nitrogen and oxygen atoms in total. The van der Waals surface area contributed by atoms with Gasteiger partial charge in [-0.3, -0.25) is 14.6 Å². The molecule has 4 aromatic heterocycles. The van der Waals surface area contributed by atoms with Gasteiger partial charge in [0.2, 0.25) is 0 Å². The minimum Gasteiger partial charge on any atom is -0.332 e. The van der Waals surface area contributed by atoms with Gasteiger partial charge in [0.05, 0.1) is 29.5 Å². The molecule has 28 heavy (non-hydrogen) atoms. The highest BCUT2D eigenvalue weighted by molar-refractivity contribution is 6.00. The number of aromatic amines is 1. The maximum Gasteiger partial charge on any atom is 0.258 e. The van der Waals surface area contributed by atoms with E-state index in [-0.39, 0.29) is 18.0 Å². The fraction of sp³-hybridized carbons (Fsp3) is 0.150. The van der Waals surface area contributed by atoms with E-state index >= 15 is 0 Å². The van der Waals surface area contributed by atoms with Crippen LogP contribution in [-0.2, 0) is 13.0 Å². The summed E-state index contributed by atoms with van der Waals surface area (Å²) in [6.07, 6.45) is 7.17. The average Bonchev–Trinajstić information content (AvgIpc) is 3.17. The molecule has 0 aliphatic carbocycles. The highest BCUT2D eigenvalue weighted by Gasteiger charge is 2.27. The zero-order valence-electron chi connectivity index (χ0n) is 14.9. The smallest absolute Gasteiger partial charge is 0.258 e. The average molecular weight is 372 g/mol. The summed E-state index contributed by atoms with van der Waals surface area (Å²) >= 11 is 0. The second kappa shape index (κ2) is 6.41. The van der Waals surface area contributed by atoms with Gasteiger partial charge < -0.3 is 9.88 Å². The van der Waals surface area contributed by atoms with Crippen LogP contribution in [0.1, 0.15) is 21.6 Å². The quantitative estimate of drug-likeness (QED) is 0.577. The molecule has 0 aromatic carbocycles. The van der Waals surface area contributed by atoms with Gasteiger partial charge in [0.25, 0.3) is 11.5 Å². The Morgan fingerprint density at radius 3 is 2.93 bits per heavy atom. The zero-order chi connectivity index (χ0) is 19.1. The molecule has 0 radical (unpaired) electrons. The minimum absolute atomic E-state index is 0.114. The largest absolute Gasteiger partial charge is 0.332 e. The molecular formula is C20H16N6O2. The van der Waals surface area contributed by atoms with Crippen LogP contribution in [0.3, 0.4) is 0 Å². The Morgan fingerprint density at radius 2 is 2.07 bits per heavy atom. The van der Waals surface area contributed by atoms with Gasteiger partial charge in [-0.05, 0) is 30.7 Å². The number of H-pyrrole nitrogens is 1. The van der Waals surface area contributed by atoms with Crippen LogP contribution in [0.5, 0.6) is 0 Å². The number of pyridine rings is 2. The summed E-state index contributed by atoms with van der Waals surface area (Å²) < 4.78 is 1.68. The monoisotopic (exact) mass is 372 g/mol. The zero-order valence-corrected chi connectivity index (χ0v) is 14.9. The van der Waals surface area contributed by atoms with Crippen LogP contribution in [-0.4, -0.2) is 41.9 Å². The summed E-state index contributed by atoms with van der Waals surface area (Å²) in [4.78, 5) is 38.8. The van der Waals surface area contributed by atoms with Gasteiger partial charge in [-0.15, -0.1) is 0 Å². The van der Waals surface area contributed by atoms with Crippen molar-refractivity contribution in [3.05, 3.63) is 82.3 Å². The van der Waals surface area contributed by atoms with Crippen molar-refractivity contribution in [1.82, 2.24) is 29.5 Å². The molecule has 1 aliphatic heterocycles. The molecule has 1 amide bonds. The van der Waals surface area contributed by atoms with E-state index in [9.17, 15) is 9.59 Å². The first-order valence-corrected chi connectivity index (χ1v) is 8.95. The standard InChI is InChI=1S/C20H16N6O2/c27-19-14-6-9-25(20(28)15-11-22-26-8-2-1-5-17(15)26)12-16(14)23-18(24-19)13-4-3-7-21-10-13/h1-5,7-8,10-11H,6,9,12H2,(H,23,24,27). The van der Waals surface area contributed by atoms with Crippen LogP contribution in [0.25, 0.3) is 16.9 Å². The predicted octanol–water partition coefficient (Wildman–Crippen LogP) is 1.68. The van der Waals surface area contributed by atoms with Crippen LogP contribution >= 0.6 is 0 Å². The van der Waals surface area contributed by atoms with Crippen molar-refractivity contribution in [3.8, 4) is 11.4 Å². The van der Waals surface area contributed by atoms with Gasteiger partial charge in [0.1, 0.15) is 5.82 Å². The number of hydrogen-bond donors (Lipinski definition) is 1. The number of rotatable bonds is 2. The van der Waals surface area contributed by atoms with E-state index in [1.54, 1.807) is 40.3 Å². The lowest BCUT2D eigenvalue weighted by Crippen LogP contribution is -2.39. The molecule has 5 rings (SSSR count). The summed E-state index contributed by atoms with van der Waals surface area (Å²) in [6.45, 7) is 0.753. The summed E-state index contributed by atoms with van der Waals surface area (Å²) in [6, 6.07) is 9.22. The molecule has 0 atom stereocenters. The van der Waals surface area contributed by atoms with Crippen LogP contribution < -0.4 is 5.56 Å². The lowest BCUT2D eigenvalue weighted by atomic mass is 10.0. The maximum absolute atomic E-state index is 13.1. The van der Waals surface area contributed by atoms with E-state index < -0.39 is 0 Å². The minimum atomic E-state index is -0.160. The Labute approximate surface area is 159 Å². The normalized spacial score (nSPS) is 13.5. The summed E-state index contributed by atoms with van der Waals surface area (Å²) in [5, 5.41) is 4.24. The molecule has 4 aromatic rings. The van der Waals surface area contributed by atoms with Gasteiger partial charge in [-0.25, -0.2) is 9.50 Å². The molecule has 138 valence electrons. The highest BCUT2D eigenvalue weighted by atomic mass is 16.2. The summed E-state index contributed by atoms with van der Waals surface area (Å²) in [5.74, 6) is 0.346. The van der Waals surface area contributed by atoms with Crippen LogP contribution in [0.2, 0.25) is 0 Å². The van der Waals surface area contributed by atoms with Gasteiger partial charge in [-0.1, -0.05) is 6.07 Å². The van der Waals surface area contributed by atoms with Crippen molar-refractivity contribution in [3.63, 3.8) is 0 Å². The summed E-state index contributed by atoms with van der Waals surface area (Å²) in [7, 11) is 0. The molecular weight excluding hydrogens is 356 g/mol. The molecule has 1 aliphatic rings. The van der Waals surface area contributed by atoms with E-state index in [1.165, 1.54) is 0 Å². The SMILES string of the molecule is O=C(c1cnn2ccccc12)N1CCc2c(nc(-c3cccnc3)[nH]c2=O)C1. The van der Waals surface area contributed by atoms with E-state index in [4.69, 9.17) is 0 Å². The lowest BCUT2D eigenvalue weighted by Gasteiger charge is -2.27. The first kappa shape index (κ1) is 16.4. The number of nitrogens with zero attached hydrogens (tertiary/aromatic N) is 5. The van der Waals surface area contributed by atoms with E-state index in [2.05, 4.69) is 20.1 Å². The third-order valence-corrected chi connectivity index (χ3v) is 4.95. The third kappa shape index (κ3) is 2.66. The molecule has 5 heterocycles. The van der Waals surface area contributed by atoms with E-state index in [0.29, 0.717) is 35.6 Å². The Balaban J connectivity index is 1.50. The number of carbonyl (C=O) groups is 1. The molecule has 0 saturated heterocycles. The maximum atomic E-state index is 13.1. The number of carbonyl (C=O) groups excluding carboxylic acids is 1. The third-order valence-electron chi connectivity index (χ3n) is 4.95. The molecule has 0 saturated carbocycles. The first-order valence-electron chi connectivity index (χ1n) is 8.95. The van der Waals surface area contributed by atoms with Crippen LogP contribution in [0, 0.1) is 0 Å². The number of aromatic nitrogens is 5. The molecule has 0 spiro atoms. The van der Waals surface area contributed by atoms with Crippen molar-refractivity contribution >= 4 is 11.4 Å². The Hall–Kier alpha value is -3.81. The predicted molar refractivity (Wildman–Crippen MR) is 102 cm³/mol. The number of nitrogens with one attached hydrogen (secondary N) is 1. The van der Waals surface area contributed by atoms with E-state index in [1.807, 2.05) is 24.3 Å². The second-order valence-electron chi connectivity index (χ2n) is 6.65. The topological polar surface area (TPSA) is 96.2 Å². The van der Waals surface area contributed by atoms with Crippen LogP contribution in [0.15, 0.2) is 59.9 Å². The molecule has 8 heteroatoms. The van der Waals surface area contributed by atoms with Gasteiger partial charge in [-0.2, -0.15) is 5.10 Å². The number of amides is 1. The van der Waals surface area contributed by atoms with Crippen molar-refractivity contribution in [1.29, 1.82) is 0 Å². The second-order valence-corrected chi connectivity index (χ2v) is 6.65. The summed E-state index contributed by atoms with van der Waals surface area (Å²) in [5.41, 5.74) is 3.13. The van der Waals surface area contributed by atoms with Crippen LogP contribution in [0.4, 0.5) is 0 Å².